The Morgan fingerprint density at radius 1 is 1.06 bits per heavy atom. The topological polar surface area (TPSA) is 105 Å². The van der Waals surface area contributed by atoms with Gasteiger partial charge in [-0.25, -0.2) is 0 Å². The fraction of sp³-hybridized carbons (Fsp3) is 0.417. The number of aryl methyl sites for hydroxylation is 1. The van der Waals surface area contributed by atoms with Crippen molar-refractivity contribution < 1.29 is 19.2 Å². The van der Waals surface area contributed by atoms with Crippen LogP contribution in [0, 0.1) is 10.1 Å². The van der Waals surface area contributed by atoms with Gasteiger partial charge in [0.05, 0.1) is 12.0 Å². The Kier molecular flexibility index (Phi) is 8.77. The van der Waals surface area contributed by atoms with E-state index in [1.165, 1.54) is 12.1 Å². The molecule has 0 atom stereocenters. The van der Waals surface area contributed by atoms with E-state index in [1.807, 2.05) is 29.2 Å². The van der Waals surface area contributed by atoms with Gasteiger partial charge in [0.15, 0.2) is 0 Å². The van der Waals surface area contributed by atoms with Crippen molar-refractivity contribution in [2.24, 2.45) is 0 Å². The highest BCUT2D eigenvalue weighted by Gasteiger charge is 2.19. The van der Waals surface area contributed by atoms with Gasteiger partial charge in [0.25, 0.3) is 5.69 Å². The van der Waals surface area contributed by atoms with Crippen molar-refractivity contribution >= 4 is 23.2 Å². The second kappa shape index (κ2) is 12.0. The Morgan fingerprint density at radius 2 is 1.85 bits per heavy atom. The summed E-state index contributed by atoms with van der Waals surface area (Å²) in [7, 11) is 1.63. The number of non-ortho nitro benzene ring substituents is 1. The van der Waals surface area contributed by atoms with E-state index in [-0.39, 0.29) is 23.9 Å². The highest BCUT2D eigenvalue weighted by atomic mass is 16.6. The molecule has 1 fully saturated rings. The van der Waals surface area contributed by atoms with E-state index in [4.69, 9.17) is 4.74 Å². The van der Waals surface area contributed by atoms with Crippen LogP contribution in [-0.4, -0.2) is 66.4 Å². The van der Waals surface area contributed by atoms with E-state index in [0.717, 1.165) is 37.4 Å². The highest BCUT2D eigenvalue weighted by molar-refractivity contribution is 5.91. The van der Waals surface area contributed by atoms with Gasteiger partial charge in [-0.3, -0.25) is 19.7 Å². The Bertz CT molecular complexity index is 964. The third-order valence-corrected chi connectivity index (χ3v) is 5.72. The molecule has 0 spiro atoms. The van der Waals surface area contributed by atoms with Crippen LogP contribution < -0.4 is 10.1 Å². The summed E-state index contributed by atoms with van der Waals surface area (Å²) in [5.74, 6) is 0.764. The molecular formula is C24H30N4O5. The summed E-state index contributed by atoms with van der Waals surface area (Å²) in [4.78, 5) is 39.4. The lowest BCUT2D eigenvalue weighted by Crippen LogP contribution is -2.36. The SMILES string of the molecule is COc1ccc(CCC(=O)N2CCCN(CCC(=O)Nc3cccc([N+](=O)[O-])c3)CC2)cc1. The average Bonchev–Trinajstić information content (AvgIpc) is 3.07. The summed E-state index contributed by atoms with van der Waals surface area (Å²) in [5.41, 5.74) is 1.46. The molecule has 0 bridgehead atoms. The molecule has 0 aromatic heterocycles. The van der Waals surface area contributed by atoms with E-state index in [9.17, 15) is 19.7 Å². The lowest BCUT2D eigenvalue weighted by molar-refractivity contribution is -0.384. The molecule has 3 rings (SSSR count). The maximum absolute atomic E-state index is 12.7. The fourth-order valence-corrected chi connectivity index (χ4v) is 3.83. The van der Waals surface area contributed by atoms with Crippen LogP contribution in [0.15, 0.2) is 48.5 Å². The van der Waals surface area contributed by atoms with Crippen molar-refractivity contribution in [3.63, 3.8) is 0 Å². The number of anilines is 1. The number of nitrogens with one attached hydrogen (secondary N) is 1. The van der Waals surface area contributed by atoms with Gasteiger partial charge in [0.1, 0.15) is 5.75 Å². The first-order valence-corrected chi connectivity index (χ1v) is 11.1. The first kappa shape index (κ1) is 24.2. The Balaban J connectivity index is 1.40. The second-order valence-corrected chi connectivity index (χ2v) is 8.03. The average molecular weight is 455 g/mol. The van der Waals surface area contributed by atoms with Crippen molar-refractivity contribution in [3.05, 3.63) is 64.2 Å². The van der Waals surface area contributed by atoms with Gasteiger partial charge in [-0.2, -0.15) is 0 Å². The van der Waals surface area contributed by atoms with Gasteiger partial charge in [-0.15, -0.1) is 0 Å². The zero-order valence-corrected chi connectivity index (χ0v) is 18.9. The van der Waals surface area contributed by atoms with Crippen molar-refractivity contribution in [3.8, 4) is 5.75 Å². The van der Waals surface area contributed by atoms with Gasteiger partial charge in [-0.1, -0.05) is 18.2 Å². The van der Waals surface area contributed by atoms with Crippen molar-refractivity contribution in [2.75, 3.05) is 45.2 Å². The molecule has 1 aliphatic heterocycles. The lowest BCUT2D eigenvalue weighted by atomic mass is 10.1. The number of nitro groups is 1. The first-order chi connectivity index (χ1) is 15.9. The molecule has 0 unspecified atom stereocenters. The number of nitrogens with zero attached hydrogens (tertiary/aromatic N) is 3. The number of hydrogen-bond donors (Lipinski definition) is 1. The normalized spacial score (nSPS) is 14.4. The number of nitro benzene ring substituents is 1. The van der Waals surface area contributed by atoms with Crippen LogP contribution in [0.2, 0.25) is 0 Å². The molecule has 2 amide bonds. The van der Waals surface area contributed by atoms with Crippen LogP contribution in [0.1, 0.15) is 24.8 Å². The number of carbonyl (C=O) groups is 2. The summed E-state index contributed by atoms with van der Waals surface area (Å²) in [6.07, 6.45) is 2.31. The predicted octanol–water partition coefficient (Wildman–Crippen LogP) is 3.10. The third-order valence-electron chi connectivity index (χ3n) is 5.72. The molecule has 0 radical (unpaired) electrons. The standard InChI is InChI=1S/C24H30N4O5/c1-33-22-9-6-19(7-10-22)8-11-24(30)27-14-3-13-26(16-17-27)15-12-23(29)25-20-4-2-5-21(18-20)28(31)32/h2,4-7,9-10,18H,3,8,11-17H2,1H3,(H,25,29). The van der Waals surface area contributed by atoms with E-state index in [1.54, 1.807) is 19.2 Å². The molecule has 33 heavy (non-hydrogen) atoms. The predicted molar refractivity (Wildman–Crippen MR) is 125 cm³/mol. The molecule has 1 N–H and O–H groups in total. The summed E-state index contributed by atoms with van der Waals surface area (Å²) >= 11 is 0. The molecule has 0 saturated carbocycles. The summed E-state index contributed by atoms with van der Waals surface area (Å²) < 4.78 is 5.16. The zero-order valence-electron chi connectivity index (χ0n) is 18.9. The summed E-state index contributed by atoms with van der Waals surface area (Å²) in [6, 6.07) is 13.7. The van der Waals surface area contributed by atoms with Crippen LogP contribution in [0.5, 0.6) is 5.75 Å². The fourth-order valence-electron chi connectivity index (χ4n) is 3.83. The summed E-state index contributed by atoms with van der Waals surface area (Å²) in [6.45, 7) is 3.49. The molecule has 1 heterocycles. The monoisotopic (exact) mass is 454 g/mol. The lowest BCUT2D eigenvalue weighted by Gasteiger charge is -2.22. The Morgan fingerprint density at radius 3 is 2.58 bits per heavy atom. The minimum Gasteiger partial charge on any atom is -0.497 e. The summed E-state index contributed by atoms with van der Waals surface area (Å²) in [5, 5.41) is 13.6. The Labute approximate surface area is 193 Å². The van der Waals surface area contributed by atoms with Crippen LogP contribution >= 0.6 is 0 Å². The first-order valence-electron chi connectivity index (χ1n) is 11.1. The van der Waals surface area contributed by atoms with Crippen molar-refractivity contribution in [1.29, 1.82) is 0 Å². The van der Waals surface area contributed by atoms with E-state index < -0.39 is 4.92 Å². The molecule has 2 aromatic carbocycles. The molecule has 1 saturated heterocycles. The van der Waals surface area contributed by atoms with Gasteiger partial charge < -0.3 is 19.9 Å². The minimum atomic E-state index is -0.489. The van der Waals surface area contributed by atoms with E-state index in [2.05, 4.69) is 10.2 Å². The third kappa shape index (κ3) is 7.57. The van der Waals surface area contributed by atoms with Crippen LogP contribution in [-0.2, 0) is 16.0 Å². The van der Waals surface area contributed by atoms with Crippen LogP contribution in [0.3, 0.4) is 0 Å². The number of methoxy groups -OCH3 is 1. The van der Waals surface area contributed by atoms with E-state index >= 15 is 0 Å². The smallest absolute Gasteiger partial charge is 0.271 e. The number of hydrogen-bond acceptors (Lipinski definition) is 6. The number of rotatable bonds is 9. The Hall–Kier alpha value is -3.46. The largest absolute Gasteiger partial charge is 0.497 e. The van der Waals surface area contributed by atoms with Gasteiger partial charge >= 0.3 is 0 Å². The molecular weight excluding hydrogens is 424 g/mol. The van der Waals surface area contributed by atoms with Crippen LogP contribution in [0.25, 0.3) is 0 Å². The van der Waals surface area contributed by atoms with Crippen LogP contribution in [0.4, 0.5) is 11.4 Å². The number of benzene rings is 2. The molecule has 1 aliphatic rings. The van der Waals surface area contributed by atoms with Gasteiger partial charge in [0.2, 0.25) is 11.8 Å². The second-order valence-electron chi connectivity index (χ2n) is 8.03. The minimum absolute atomic E-state index is 0.0583. The molecule has 2 aromatic rings. The molecule has 9 heteroatoms. The molecule has 0 aliphatic carbocycles. The number of carbonyl (C=O) groups excluding carboxylic acids is 2. The molecule has 9 nitrogen and oxygen atoms in total. The molecule has 176 valence electrons. The van der Waals surface area contributed by atoms with Crippen molar-refractivity contribution in [1.82, 2.24) is 9.80 Å². The van der Waals surface area contributed by atoms with E-state index in [0.29, 0.717) is 31.6 Å². The highest BCUT2D eigenvalue weighted by Crippen LogP contribution is 2.17. The number of amides is 2. The maximum atomic E-state index is 12.7. The number of ether oxygens (including phenoxy) is 1. The van der Waals surface area contributed by atoms with Gasteiger partial charge in [0, 0.05) is 56.8 Å². The quantitative estimate of drug-likeness (QED) is 0.461. The zero-order chi connectivity index (χ0) is 23.6. The maximum Gasteiger partial charge on any atom is 0.271 e. The van der Waals surface area contributed by atoms with Crippen molar-refractivity contribution in [2.45, 2.75) is 25.7 Å². The van der Waals surface area contributed by atoms with Gasteiger partial charge in [-0.05, 0) is 43.1 Å².